The first-order chi connectivity index (χ1) is 17.0. The third-order valence-electron chi connectivity index (χ3n) is 5.86. The molecule has 0 aromatic heterocycles. The van der Waals surface area contributed by atoms with Gasteiger partial charge >= 0.3 is 5.97 Å². The van der Waals surface area contributed by atoms with Crippen LogP contribution in [0.15, 0.2) is 84.9 Å². The van der Waals surface area contributed by atoms with Gasteiger partial charge in [0, 0.05) is 10.9 Å². The molecule has 4 aromatic carbocycles. The number of carbonyl (C=O) groups excluding carboxylic acids is 4. The summed E-state index contributed by atoms with van der Waals surface area (Å²) < 4.78 is 10.3. The fraction of sp³-hybridized carbons (Fsp3) is 0.0714. The monoisotopic (exact) mass is 465 g/mol. The molecule has 0 N–H and O–H groups in total. The molecule has 35 heavy (non-hydrogen) atoms. The number of ether oxygens (including phenoxy) is 2. The van der Waals surface area contributed by atoms with Gasteiger partial charge in [0.2, 0.25) is 0 Å². The summed E-state index contributed by atoms with van der Waals surface area (Å²) in [5, 5.41) is 1.66. The molecule has 1 heterocycles. The number of fused-ring (bicyclic) bond motifs is 2. The van der Waals surface area contributed by atoms with Gasteiger partial charge in [0.05, 0.1) is 29.5 Å². The second-order valence-corrected chi connectivity index (χ2v) is 7.94. The first-order valence-electron chi connectivity index (χ1n) is 10.8. The third kappa shape index (κ3) is 3.93. The summed E-state index contributed by atoms with van der Waals surface area (Å²) in [7, 11) is 1.49. The number of imide groups is 1. The van der Waals surface area contributed by atoms with E-state index in [0.29, 0.717) is 17.0 Å². The molecule has 0 unspecified atom stereocenters. The van der Waals surface area contributed by atoms with Crippen molar-refractivity contribution >= 4 is 40.0 Å². The molecule has 2 amide bonds. The number of nitrogens with zero attached hydrogens (tertiary/aromatic N) is 1. The Morgan fingerprint density at radius 1 is 0.771 bits per heavy atom. The minimum absolute atomic E-state index is 0.0723. The van der Waals surface area contributed by atoms with E-state index < -0.39 is 30.2 Å². The van der Waals surface area contributed by atoms with Crippen LogP contribution in [0.25, 0.3) is 10.8 Å². The maximum atomic E-state index is 13.2. The molecular formula is C28H19NO6. The lowest BCUT2D eigenvalue weighted by Gasteiger charge is -2.16. The Labute approximate surface area is 200 Å². The first kappa shape index (κ1) is 22.0. The normalized spacial score (nSPS) is 12.5. The van der Waals surface area contributed by atoms with E-state index in [1.807, 2.05) is 30.3 Å². The van der Waals surface area contributed by atoms with Crippen molar-refractivity contribution in [3.63, 3.8) is 0 Å². The second kappa shape index (κ2) is 8.87. The number of Topliss-reactive ketones (excluding diaryl/α,β-unsaturated/α-hetero) is 1. The molecule has 0 radical (unpaired) electrons. The maximum Gasteiger partial charge on any atom is 0.338 e. The summed E-state index contributed by atoms with van der Waals surface area (Å²) >= 11 is 0. The van der Waals surface area contributed by atoms with E-state index in [0.717, 1.165) is 15.7 Å². The van der Waals surface area contributed by atoms with Crippen molar-refractivity contribution in [2.75, 3.05) is 18.6 Å². The topological polar surface area (TPSA) is 90.0 Å². The fourth-order valence-corrected chi connectivity index (χ4v) is 4.08. The van der Waals surface area contributed by atoms with Gasteiger partial charge < -0.3 is 9.47 Å². The molecule has 0 bridgehead atoms. The van der Waals surface area contributed by atoms with Gasteiger partial charge in [-0.15, -0.1) is 0 Å². The van der Waals surface area contributed by atoms with E-state index in [2.05, 4.69) is 0 Å². The summed E-state index contributed by atoms with van der Waals surface area (Å²) in [6.07, 6.45) is 0. The van der Waals surface area contributed by atoms with Crippen LogP contribution in [0.3, 0.4) is 0 Å². The fourth-order valence-electron chi connectivity index (χ4n) is 4.08. The quantitative estimate of drug-likeness (QED) is 0.233. The van der Waals surface area contributed by atoms with Crippen LogP contribution < -0.4 is 9.64 Å². The number of rotatable bonds is 6. The summed E-state index contributed by atoms with van der Waals surface area (Å²) in [5.74, 6) is -1.64. The molecule has 172 valence electrons. The lowest BCUT2D eigenvalue weighted by atomic mass is 10.1. The lowest BCUT2D eigenvalue weighted by Crippen LogP contribution is -2.29. The Morgan fingerprint density at radius 2 is 1.51 bits per heavy atom. The Morgan fingerprint density at radius 3 is 2.34 bits per heavy atom. The molecule has 0 saturated heterocycles. The molecule has 0 aliphatic carbocycles. The SMILES string of the molecule is COc1cccc(C(=O)COC(=O)c2ccc3c(c2)C(=O)N(c2cccc4ccccc24)C3=O)c1. The Bertz CT molecular complexity index is 1520. The molecule has 0 spiro atoms. The van der Waals surface area contributed by atoms with E-state index >= 15 is 0 Å². The van der Waals surface area contributed by atoms with E-state index in [1.165, 1.54) is 25.3 Å². The number of amides is 2. The Kier molecular flexibility index (Phi) is 5.58. The van der Waals surface area contributed by atoms with Gasteiger partial charge in [0.25, 0.3) is 11.8 Å². The molecule has 0 fully saturated rings. The van der Waals surface area contributed by atoms with Crippen LogP contribution in [-0.2, 0) is 4.74 Å². The standard InChI is InChI=1S/C28H19NO6/c1-34-20-9-4-8-18(14-20)25(30)16-35-28(33)19-12-13-22-23(15-19)27(32)29(26(22)31)24-11-5-7-17-6-2-3-10-21(17)24/h2-15H,16H2,1H3. The summed E-state index contributed by atoms with van der Waals surface area (Å²) in [6, 6.07) is 23.5. The highest BCUT2D eigenvalue weighted by Crippen LogP contribution is 2.34. The highest BCUT2D eigenvalue weighted by Gasteiger charge is 2.38. The van der Waals surface area contributed by atoms with Crippen LogP contribution in [-0.4, -0.2) is 37.3 Å². The van der Waals surface area contributed by atoms with Crippen molar-refractivity contribution in [3.8, 4) is 5.75 Å². The van der Waals surface area contributed by atoms with Crippen molar-refractivity contribution < 1.29 is 28.7 Å². The average Bonchev–Trinajstić information content (AvgIpc) is 3.15. The summed E-state index contributed by atoms with van der Waals surface area (Å²) in [5.41, 5.74) is 1.20. The van der Waals surface area contributed by atoms with Gasteiger partial charge in [0.15, 0.2) is 12.4 Å². The molecule has 0 atom stereocenters. The van der Waals surface area contributed by atoms with Gasteiger partial charge in [-0.25, -0.2) is 9.69 Å². The molecule has 7 heteroatoms. The Balaban J connectivity index is 1.37. The van der Waals surface area contributed by atoms with Crippen LogP contribution >= 0.6 is 0 Å². The second-order valence-electron chi connectivity index (χ2n) is 7.94. The van der Waals surface area contributed by atoms with Gasteiger partial charge in [0.1, 0.15) is 5.75 Å². The summed E-state index contributed by atoms with van der Waals surface area (Å²) in [6.45, 7) is -0.474. The molecule has 5 rings (SSSR count). The molecule has 7 nitrogen and oxygen atoms in total. The number of ketones is 1. The average molecular weight is 465 g/mol. The van der Waals surface area contributed by atoms with E-state index in [1.54, 1.807) is 36.4 Å². The molecule has 1 aliphatic heterocycles. The smallest absolute Gasteiger partial charge is 0.338 e. The maximum absolute atomic E-state index is 13.2. The number of anilines is 1. The number of esters is 1. The van der Waals surface area contributed by atoms with Gasteiger partial charge in [-0.05, 0) is 41.8 Å². The van der Waals surface area contributed by atoms with E-state index in [4.69, 9.17) is 9.47 Å². The van der Waals surface area contributed by atoms with Crippen LogP contribution in [0, 0.1) is 0 Å². The minimum atomic E-state index is -0.770. The highest BCUT2D eigenvalue weighted by molar-refractivity contribution is 6.36. The zero-order chi connectivity index (χ0) is 24.5. The van der Waals surface area contributed by atoms with E-state index in [9.17, 15) is 19.2 Å². The number of hydrogen-bond donors (Lipinski definition) is 0. The van der Waals surface area contributed by atoms with Crippen LogP contribution in [0.1, 0.15) is 41.4 Å². The number of hydrogen-bond acceptors (Lipinski definition) is 6. The van der Waals surface area contributed by atoms with Gasteiger partial charge in [-0.2, -0.15) is 0 Å². The van der Waals surface area contributed by atoms with Crippen LogP contribution in [0.4, 0.5) is 5.69 Å². The highest BCUT2D eigenvalue weighted by atomic mass is 16.5. The summed E-state index contributed by atoms with van der Waals surface area (Å²) in [4.78, 5) is 52.4. The van der Waals surface area contributed by atoms with Gasteiger partial charge in [-0.1, -0.05) is 48.5 Å². The molecule has 4 aromatic rings. The minimum Gasteiger partial charge on any atom is -0.497 e. The van der Waals surface area contributed by atoms with Crippen molar-refractivity contribution in [2.24, 2.45) is 0 Å². The third-order valence-corrected chi connectivity index (χ3v) is 5.86. The van der Waals surface area contributed by atoms with Gasteiger partial charge in [-0.3, -0.25) is 14.4 Å². The van der Waals surface area contributed by atoms with Crippen LogP contribution in [0.5, 0.6) is 5.75 Å². The predicted octanol–water partition coefficient (Wildman–Crippen LogP) is 4.69. The van der Waals surface area contributed by atoms with Crippen molar-refractivity contribution in [1.29, 1.82) is 0 Å². The number of benzene rings is 4. The van der Waals surface area contributed by atoms with Crippen molar-refractivity contribution in [2.45, 2.75) is 0 Å². The van der Waals surface area contributed by atoms with E-state index in [-0.39, 0.29) is 16.7 Å². The molecular weight excluding hydrogens is 446 g/mol. The zero-order valence-electron chi connectivity index (χ0n) is 18.7. The number of methoxy groups -OCH3 is 1. The molecule has 0 saturated carbocycles. The van der Waals surface area contributed by atoms with Crippen molar-refractivity contribution in [1.82, 2.24) is 0 Å². The largest absolute Gasteiger partial charge is 0.497 e. The first-order valence-corrected chi connectivity index (χ1v) is 10.8. The zero-order valence-corrected chi connectivity index (χ0v) is 18.7. The lowest BCUT2D eigenvalue weighted by molar-refractivity contribution is 0.0474. The van der Waals surface area contributed by atoms with Crippen LogP contribution in [0.2, 0.25) is 0 Å². The Hall–Kier alpha value is -4.78. The molecule has 1 aliphatic rings. The predicted molar refractivity (Wildman–Crippen MR) is 129 cm³/mol. The number of carbonyl (C=O) groups is 4. The van der Waals surface area contributed by atoms with Crippen molar-refractivity contribution in [3.05, 3.63) is 107 Å².